The van der Waals surface area contributed by atoms with Crippen molar-refractivity contribution in [3.8, 4) is 0 Å². The number of hydrogen-bond acceptors (Lipinski definition) is 4. The molecule has 0 aromatic carbocycles. The van der Waals surface area contributed by atoms with Gasteiger partial charge in [-0.05, 0) is 32.1 Å². The summed E-state index contributed by atoms with van der Waals surface area (Å²) in [5.41, 5.74) is 0. The lowest BCUT2D eigenvalue weighted by molar-refractivity contribution is -0.140. The van der Waals surface area contributed by atoms with E-state index in [2.05, 4.69) is 36.0 Å². The average Bonchev–Trinajstić information content (AvgIpc) is 2.62. The Morgan fingerprint density at radius 2 is 1.60 bits per heavy atom. The predicted octanol–water partition coefficient (Wildman–Crippen LogP) is 4.02. The summed E-state index contributed by atoms with van der Waals surface area (Å²) in [4.78, 5) is 11.0. The normalized spacial score (nSPS) is 15.2. The molecule has 25 heavy (non-hydrogen) atoms. The number of methoxy groups -OCH3 is 1. The standard InChI is InChI=1S/C21H32O4/c1-3-4-5-6-7-8-9-10-11-12-13-14-16-19(22)20(23)17-15-18-21(24)25-2/h4-5,7-8,10-14,16,19-20,22-23H,3,6,9,15,17-18H2,1-2H3/b5-4-,8-7-,11-10-,13-12+,16-14+/t19-,20+/m0/s1. The molecule has 0 radical (unpaired) electrons. The molecule has 0 saturated heterocycles. The van der Waals surface area contributed by atoms with Crippen molar-refractivity contribution < 1.29 is 19.7 Å². The van der Waals surface area contributed by atoms with Gasteiger partial charge >= 0.3 is 5.97 Å². The fraction of sp³-hybridized carbons (Fsp3) is 0.476. The number of aliphatic hydroxyl groups is 2. The maximum Gasteiger partial charge on any atom is 0.305 e. The van der Waals surface area contributed by atoms with Gasteiger partial charge in [0.15, 0.2) is 0 Å². The molecule has 0 aromatic heterocycles. The molecular formula is C21H32O4. The molecule has 2 N–H and O–H groups in total. The van der Waals surface area contributed by atoms with E-state index in [1.165, 1.54) is 13.2 Å². The summed E-state index contributed by atoms with van der Waals surface area (Å²) in [6, 6.07) is 0. The second-order valence-electron chi connectivity index (χ2n) is 5.55. The van der Waals surface area contributed by atoms with Gasteiger partial charge in [-0.2, -0.15) is 0 Å². The van der Waals surface area contributed by atoms with Crippen molar-refractivity contribution in [3.05, 3.63) is 60.8 Å². The van der Waals surface area contributed by atoms with Crippen LogP contribution in [0.1, 0.15) is 45.4 Å². The molecule has 4 nitrogen and oxygen atoms in total. The minimum atomic E-state index is -0.939. The van der Waals surface area contributed by atoms with E-state index in [-0.39, 0.29) is 12.4 Å². The average molecular weight is 348 g/mol. The Labute approximate surface area is 151 Å². The number of hydrogen-bond donors (Lipinski definition) is 2. The van der Waals surface area contributed by atoms with Gasteiger partial charge in [0.25, 0.3) is 0 Å². The fourth-order valence-electron chi connectivity index (χ4n) is 1.93. The molecule has 0 aliphatic heterocycles. The maximum absolute atomic E-state index is 11.0. The summed E-state index contributed by atoms with van der Waals surface area (Å²) >= 11 is 0. The van der Waals surface area contributed by atoms with Crippen LogP contribution in [-0.2, 0) is 9.53 Å². The molecule has 0 unspecified atom stereocenters. The zero-order valence-electron chi connectivity index (χ0n) is 15.4. The van der Waals surface area contributed by atoms with E-state index in [9.17, 15) is 15.0 Å². The molecule has 4 heteroatoms. The third kappa shape index (κ3) is 15.4. The molecule has 0 fully saturated rings. The van der Waals surface area contributed by atoms with E-state index >= 15 is 0 Å². The van der Waals surface area contributed by atoms with Crippen LogP contribution < -0.4 is 0 Å². The second kappa shape index (κ2) is 16.9. The quantitative estimate of drug-likeness (QED) is 0.300. The first-order chi connectivity index (χ1) is 12.1. The number of ether oxygens (including phenoxy) is 1. The van der Waals surface area contributed by atoms with E-state index in [0.29, 0.717) is 12.8 Å². The summed E-state index contributed by atoms with van der Waals surface area (Å²) in [6.45, 7) is 2.12. The Balaban J connectivity index is 3.88. The van der Waals surface area contributed by atoms with Crippen LogP contribution in [0.2, 0.25) is 0 Å². The third-order valence-electron chi connectivity index (χ3n) is 3.39. The maximum atomic E-state index is 11.0. The Kier molecular flexibility index (Phi) is 15.6. The zero-order chi connectivity index (χ0) is 18.8. The molecule has 0 saturated carbocycles. The SMILES string of the molecule is CC/C=C\C/C=C\C\C=C/C=C/C=C/[C@H](O)[C@H](O)CCCC(=O)OC. The first kappa shape index (κ1) is 23.1. The number of rotatable bonds is 13. The van der Waals surface area contributed by atoms with Gasteiger partial charge in [-0.3, -0.25) is 4.79 Å². The number of aliphatic hydroxyl groups excluding tert-OH is 2. The van der Waals surface area contributed by atoms with Gasteiger partial charge in [0, 0.05) is 6.42 Å². The van der Waals surface area contributed by atoms with Crippen LogP contribution >= 0.6 is 0 Å². The van der Waals surface area contributed by atoms with Crippen LogP contribution in [0, 0.1) is 0 Å². The molecular weight excluding hydrogens is 316 g/mol. The molecule has 2 atom stereocenters. The van der Waals surface area contributed by atoms with Crippen molar-refractivity contribution in [1.29, 1.82) is 0 Å². The van der Waals surface area contributed by atoms with Crippen LogP contribution in [0.4, 0.5) is 0 Å². The van der Waals surface area contributed by atoms with E-state index in [0.717, 1.165) is 19.3 Å². The Hall–Kier alpha value is -1.91. The third-order valence-corrected chi connectivity index (χ3v) is 3.39. The van der Waals surface area contributed by atoms with Crippen LogP contribution in [-0.4, -0.2) is 35.5 Å². The van der Waals surface area contributed by atoms with Gasteiger partial charge in [0.05, 0.1) is 19.3 Å². The second-order valence-corrected chi connectivity index (χ2v) is 5.55. The number of carbonyl (C=O) groups excluding carboxylic acids is 1. The molecule has 140 valence electrons. The van der Waals surface area contributed by atoms with Crippen molar-refractivity contribution in [1.82, 2.24) is 0 Å². The van der Waals surface area contributed by atoms with Crippen LogP contribution in [0.3, 0.4) is 0 Å². The lowest BCUT2D eigenvalue weighted by Gasteiger charge is -2.13. The smallest absolute Gasteiger partial charge is 0.305 e. The molecule has 0 aliphatic rings. The van der Waals surface area contributed by atoms with E-state index in [4.69, 9.17) is 0 Å². The largest absolute Gasteiger partial charge is 0.469 e. The highest BCUT2D eigenvalue weighted by Gasteiger charge is 2.13. The summed E-state index contributed by atoms with van der Waals surface area (Å²) in [6.07, 6.45) is 21.7. The minimum absolute atomic E-state index is 0.248. The summed E-state index contributed by atoms with van der Waals surface area (Å²) in [7, 11) is 1.33. The van der Waals surface area contributed by atoms with Crippen molar-refractivity contribution >= 4 is 5.97 Å². The summed E-state index contributed by atoms with van der Waals surface area (Å²) < 4.78 is 4.52. The van der Waals surface area contributed by atoms with Crippen LogP contribution in [0.25, 0.3) is 0 Å². The highest BCUT2D eigenvalue weighted by molar-refractivity contribution is 5.68. The molecule has 0 heterocycles. The Morgan fingerprint density at radius 3 is 2.28 bits per heavy atom. The van der Waals surface area contributed by atoms with Gasteiger partial charge in [-0.1, -0.05) is 67.7 Å². The predicted molar refractivity (Wildman–Crippen MR) is 103 cm³/mol. The van der Waals surface area contributed by atoms with Crippen LogP contribution in [0.5, 0.6) is 0 Å². The molecule has 0 aliphatic carbocycles. The lowest BCUT2D eigenvalue weighted by Crippen LogP contribution is -2.23. The van der Waals surface area contributed by atoms with Crippen molar-refractivity contribution in [2.75, 3.05) is 7.11 Å². The topological polar surface area (TPSA) is 66.8 Å². The van der Waals surface area contributed by atoms with Gasteiger partial charge in [-0.15, -0.1) is 0 Å². The molecule has 0 spiro atoms. The Morgan fingerprint density at radius 1 is 0.960 bits per heavy atom. The van der Waals surface area contributed by atoms with Crippen molar-refractivity contribution in [3.63, 3.8) is 0 Å². The van der Waals surface area contributed by atoms with Gasteiger partial charge in [0.1, 0.15) is 0 Å². The van der Waals surface area contributed by atoms with Gasteiger partial charge in [-0.25, -0.2) is 0 Å². The molecule has 0 aromatic rings. The van der Waals surface area contributed by atoms with Crippen LogP contribution in [0.15, 0.2) is 60.8 Å². The van der Waals surface area contributed by atoms with Crippen molar-refractivity contribution in [2.24, 2.45) is 0 Å². The van der Waals surface area contributed by atoms with Gasteiger partial charge in [0.2, 0.25) is 0 Å². The minimum Gasteiger partial charge on any atom is -0.469 e. The monoisotopic (exact) mass is 348 g/mol. The number of carbonyl (C=O) groups is 1. The summed E-state index contributed by atoms with van der Waals surface area (Å²) in [5.74, 6) is -0.306. The van der Waals surface area contributed by atoms with Crippen molar-refractivity contribution in [2.45, 2.75) is 57.7 Å². The number of allylic oxidation sites excluding steroid dienone is 9. The highest BCUT2D eigenvalue weighted by Crippen LogP contribution is 2.07. The van der Waals surface area contributed by atoms with Gasteiger partial charge < -0.3 is 14.9 Å². The first-order valence-electron chi connectivity index (χ1n) is 8.84. The Bertz CT molecular complexity index is 472. The summed E-state index contributed by atoms with van der Waals surface area (Å²) in [5, 5.41) is 19.6. The van der Waals surface area contributed by atoms with E-state index in [1.54, 1.807) is 12.2 Å². The molecule has 0 rings (SSSR count). The fourth-order valence-corrected chi connectivity index (χ4v) is 1.93. The molecule has 0 amide bonds. The molecule has 0 bridgehead atoms. The zero-order valence-corrected chi connectivity index (χ0v) is 15.4. The lowest BCUT2D eigenvalue weighted by atomic mass is 10.1. The first-order valence-corrected chi connectivity index (χ1v) is 8.84. The van der Waals surface area contributed by atoms with E-state index in [1.807, 2.05) is 18.2 Å². The number of esters is 1. The highest BCUT2D eigenvalue weighted by atomic mass is 16.5. The van der Waals surface area contributed by atoms with E-state index < -0.39 is 12.2 Å².